The lowest BCUT2D eigenvalue weighted by atomic mass is 10.2. The molecule has 7 nitrogen and oxygen atoms in total. The van der Waals surface area contributed by atoms with Gasteiger partial charge in [-0.15, -0.1) is 0 Å². The van der Waals surface area contributed by atoms with E-state index in [1.165, 1.54) is 11.8 Å². The number of amidine groups is 1. The number of methoxy groups -OCH3 is 1. The molecular weight excluding hydrogens is 330 g/mol. The van der Waals surface area contributed by atoms with Crippen LogP contribution in [0.4, 0.5) is 5.69 Å². The van der Waals surface area contributed by atoms with Gasteiger partial charge in [-0.2, -0.15) is 4.99 Å². The van der Waals surface area contributed by atoms with Crippen LogP contribution in [-0.4, -0.2) is 60.5 Å². The fourth-order valence-corrected chi connectivity index (χ4v) is 3.57. The molecule has 128 valence electrons. The van der Waals surface area contributed by atoms with Gasteiger partial charge in [0, 0.05) is 25.2 Å². The van der Waals surface area contributed by atoms with Crippen LogP contribution in [0.2, 0.25) is 0 Å². The van der Waals surface area contributed by atoms with E-state index in [4.69, 9.17) is 9.47 Å². The third kappa shape index (κ3) is 4.07. The molecule has 2 aliphatic heterocycles. The van der Waals surface area contributed by atoms with Crippen molar-refractivity contribution in [2.24, 2.45) is 4.99 Å². The first kappa shape index (κ1) is 16.8. The lowest BCUT2D eigenvalue weighted by molar-refractivity contribution is -0.121. The highest BCUT2D eigenvalue weighted by Gasteiger charge is 2.33. The normalized spacial score (nSPS) is 20.7. The Morgan fingerprint density at radius 2 is 2.08 bits per heavy atom. The fraction of sp³-hybridized carbons (Fsp3) is 0.438. The second-order valence-corrected chi connectivity index (χ2v) is 6.59. The van der Waals surface area contributed by atoms with Crippen molar-refractivity contribution in [1.82, 2.24) is 4.90 Å². The van der Waals surface area contributed by atoms with Gasteiger partial charge in [0.25, 0.3) is 5.91 Å². The lowest BCUT2D eigenvalue weighted by Crippen LogP contribution is -2.39. The molecule has 1 fully saturated rings. The number of benzene rings is 1. The van der Waals surface area contributed by atoms with Crippen LogP contribution in [0.1, 0.15) is 6.42 Å². The maximum Gasteiger partial charge on any atom is 0.262 e. The molecule has 0 saturated carbocycles. The molecule has 2 aliphatic rings. The van der Waals surface area contributed by atoms with Crippen molar-refractivity contribution in [3.63, 3.8) is 0 Å². The molecule has 24 heavy (non-hydrogen) atoms. The summed E-state index contributed by atoms with van der Waals surface area (Å²) in [6.07, 6.45) is 0.104. The molecule has 8 heteroatoms. The van der Waals surface area contributed by atoms with Gasteiger partial charge >= 0.3 is 0 Å². The number of anilines is 1. The third-order valence-corrected chi connectivity index (χ3v) is 4.97. The van der Waals surface area contributed by atoms with Crippen LogP contribution in [0.5, 0.6) is 5.75 Å². The Bertz CT molecular complexity index is 641. The predicted octanol–water partition coefficient (Wildman–Crippen LogP) is 1.35. The maximum absolute atomic E-state index is 12.2. The summed E-state index contributed by atoms with van der Waals surface area (Å²) in [5, 5.41) is 3.03. The molecule has 0 bridgehead atoms. The molecule has 0 unspecified atom stereocenters. The molecule has 1 N–H and O–H groups in total. The highest BCUT2D eigenvalue weighted by atomic mass is 32.2. The zero-order valence-electron chi connectivity index (χ0n) is 13.4. The second-order valence-electron chi connectivity index (χ2n) is 5.42. The maximum atomic E-state index is 12.2. The minimum absolute atomic E-state index is 0.104. The van der Waals surface area contributed by atoms with Gasteiger partial charge in [0.2, 0.25) is 5.91 Å². The van der Waals surface area contributed by atoms with E-state index in [1.807, 2.05) is 4.90 Å². The van der Waals surface area contributed by atoms with Gasteiger partial charge in [-0.3, -0.25) is 9.59 Å². The second kappa shape index (κ2) is 7.67. The summed E-state index contributed by atoms with van der Waals surface area (Å²) in [5.41, 5.74) is 0.672. The van der Waals surface area contributed by atoms with Crippen molar-refractivity contribution >= 4 is 34.4 Å². The number of nitrogens with one attached hydrogen (secondary N) is 1. The van der Waals surface area contributed by atoms with Crippen molar-refractivity contribution in [3.05, 3.63) is 24.3 Å². The van der Waals surface area contributed by atoms with E-state index < -0.39 is 5.25 Å². The first-order valence-electron chi connectivity index (χ1n) is 7.71. The quantitative estimate of drug-likeness (QED) is 0.884. The minimum atomic E-state index is -0.457. The van der Waals surface area contributed by atoms with E-state index in [2.05, 4.69) is 10.3 Å². The standard InChI is InChI=1S/C16H19N3O4S/c1-22-12-4-2-11(3-5-12)17-14(20)10-13-15(21)18-16(24-13)19-6-8-23-9-7-19/h2-5,13H,6-10H2,1H3,(H,17,20)/t13-/m1/s1. The summed E-state index contributed by atoms with van der Waals surface area (Å²) in [6.45, 7) is 2.72. The number of hydrogen-bond donors (Lipinski definition) is 1. The Morgan fingerprint density at radius 3 is 2.75 bits per heavy atom. The lowest BCUT2D eigenvalue weighted by Gasteiger charge is -2.27. The number of carbonyl (C=O) groups excluding carboxylic acids is 2. The molecule has 3 rings (SSSR count). The number of rotatable bonds is 4. The number of thioether (sulfide) groups is 1. The number of aliphatic imine (C=N–C) groups is 1. The molecule has 2 heterocycles. The van der Waals surface area contributed by atoms with E-state index in [9.17, 15) is 9.59 Å². The third-order valence-electron chi connectivity index (χ3n) is 3.76. The van der Waals surface area contributed by atoms with E-state index in [-0.39, 0.29) is 18.2 Å². The van der Waals surface area contributed by atoms with Gasteiger partial charge < -0.3 is 19.7 Å². The molecule has 0 aromatic heterocycles. The molecule has 1 saturated heterocycles. The predicted molar refractivity (Wildman–Crippen MR) is 92.5 cm³/mol. The summed E-state index contributed by atoms with van der Waals surface area (Å²) >= 11 is 1.36. The molecule has 1 aromatic carbocycles. The largest absolute Gasteiger partial charge is 0.497 e. The van der Waals surface area contributed by atoms with E-state index in [1.54, 1.807) is 31.4 Å². The van der Waals surface area contributed by atoms with Gasteiger partial charge in [-0.1, -0.05) is 11.8 Å². The van der Waals surface area contributed by atoms with E-state index >= 15 is 0 Å². The Labute approximate surface area is 144 Å². The number of amides is 2. The van der Waals surface area contributed by atoms with Crippen LogP contribution in [-0.2, 0) is 14.3 Å². The van der Waals surface area contributed by atoms with Crippen LogP contribution >= 0.6 is 11.8 Å². The van der Waals surface area contributed by atoms with Crippen LogP contribution < -0.4 is 10.1 Å². The van der Waals surface area contributed by atoms with E-state index in [0.29, 0.717) is 24.1 Å². The van der Waals surface area contributed by atoms with E-state index in [0.717, 1.165) is 18.8 Å². The summed E-state index contributed by atoms with van der Waals surface area (Å²) in [7, 11) is 1.59. The van der Waals surface area contributed by atoms with Gasteiger partial charge in [-0.25, -0.2) is 0 Å². The Balaban J connectivity index is 1.52. The average molecular weight is 349 g/mol. The first-order valence-corrected chi connectivity index (χ1v) is 8.59. The van der Waals surface area contributed by atoms with Gasteiger partial charge in [-0.05, 0) is 24.3 Å². The van der Waals surface area contributed by atoms with Gasteiger partial charge in [0.05, 0.1) is 20.3 Å². The Hall–Kier alpha value is -2.06. The average Bonchev–Trinajstić information content (AvgIpc) is 2.97. The topological polar surface area (TPSA) is 80.2 Å². The zero-order chi connectivity index (χ0) is 16.9. The van der Waals surface area contributed by atoms with Crippen molar-refractivity contribution in [1.29, 1.82) is 0 Å². The summed E-state index contributed by atoms with van der Waals surface area (Å²) in [5.74, 6) is 0.272. The number of nitrogens with zero attached hydrogens (tertiary/aromatic N) is 2. The summed E-state index contributed by atoms with van der Waals surface area (Å²) < 4.78 is 10.4. The molecule has 1 atom stereocenters. The monoisotopic (exact) mass is 349 g/mol. The van der Waals surface area contributed by atoms with Gasteiger partial charge in [0.15, 0.2) is 5.17 Å². The van der Waals surface area contributed by atoms with Crippen LogP contribution in [0.15, 0.2) is 29.3 Å². The highest BCUT2D eigenvalue weighted by Crippen LogP contribution is 2.28. The fourth-order valence-electron chi connectivity index (χ4n) is 2.45. The van der Waals surface area contributed by atoms with Crippen molar-refractivity contribution < 1.29 is 19.1 Å². The Morgan fingerprint density at radius 1 is 1.38 bits per heavy atom. The van der Waals surface area contributed by atoms with Crippen LogP contribution in [0.25, 0.3) is 0 Å². The summed E-state index contributed by atoms with van der Waals surface area (Å²) in [4.78, 5) is 30.3. The molecule has 2 amide bonds. The minimum Gasteiger partial charge on any atom is -0.497 e. The number of carbonyl (C=O) groups is 2. The number of morpholine rings is 1. The van der Waals surface area contributed by atoms with Crippen LogP contribution in [0, 0.1) is 0 Å². The molecular formula is C16H19N3O4S. The zero-order valence-corrected chi connectivity index (χ0v) is 14.2. The SMILES string of the molecule is COc1ccc(NC(=O)C[C@H]2SC(N3CCOCC3)=NC2=O)cc1. The number of hydrogen-bond acceptors (Lipinski definition) is 6. The smallest absolute Gasteiger partial charge is 0.262 e. The van der Waals surface area contributed by atoms with Crippen LogP contribution in [0.3, 0.4) is 0 Å². The first-order chi connectivity index (χ1) is 11.7. The van der Waals surface area contributed by atoms with Crippen molar-refractivity contribution in [2.45, 2.75) is 11.7 Å². The van der Waals surface area contributed by atoms with Gasteiger partial charge in [0.1, 0.15) is 11.0 Å². The van der Waals surface area contributed by atoms with Crippen molar-refractivity contribution in [2.75, 3.05) is 38.7 Å². The molecule has 0 radical (unpaired) electrons. The number of ether oxygens (including phenoxy) is 2. The molecule has 0 aliphatic carbocycles. The molecule has 1 aromatic rings. The molecule has 0 spiro atoms. The Kier molecular flexibility index (Phi) is 5.37. The summed E-state index contributed by atoms with van der Waals surface area (Å²) in [6, 6.07) is 7.06. The van der Waals surface area contributed by atoms with Crippen molar-refractivity contribution in [3.8, 4) is 5.75 Å². The highest BCUT2D eigenvalue weighted by molar-refractivity contribution is 8.15.